The second kappa shape index (κ2) is 5.17. The zero-order valence-electron chi connectivity index (χ0n) is 11.4. The summed E-state index contributed by atoms with van der Waals surface area (Å²) in [6, 6.07) is 3.84. The third-order valence-corrected chi connectivity index (χ3v) is 3.24. The first-order chi connectivity index (χ1) is 9.02. The van der Waals surface area contributed by atoms with Gasteiger partial charge >= 0.3 is 0 Å². The molecule has 0 saturated heterocycles. The number of nitrogens with one attached hydrogen (secondary N) is 2. The summed E-state index contributed by atoms with van der Waals surface area (Å²) in [7, 11) is 3.57. The van der Waals surface area contributed by atoms with E-state index in [1.54, 1.807) is 13.2 Å². The highest BCUT2D eigenvalue weighted by Crippen LogP contribution is 2.27. The molecule has 2 aromatic rings. The second-order valence-electron chi connectivity index (χ2n) is 4.76. The monoisotopic (exact) mass is 261 g/mol. The standard InChI is InChI=1S/C13H19N5O/c1-8(13(19)15-2)7-18(3)12-5-11-9(4-10(12)14)6-16-17-11/h4-6,8H,7,14H2,1-3H3,(H,15,19)(H,16,17). The number of fused-ring (bicyclic) bond motifs is 1. The van der Waals surface area contributed by atoms with E-state index >= 15 is 0 Å². The zero-order valence-corrected chi connectivity index (χ0v) is 11.4. The minimum absolute atomic E-state index is 0.0213. The summed E-state index contributed by atoms with van der Waals surface area (Å²) >= 11 is 0. The first kappa shape index (κ1) is 13.2. The van der Waals surface area contributed by atoms with Crippen molar-refractivity contribution in [2.75, 3.05) is 31.3 Å². The maximum atomic E-state index is 11.5. The number of rotatable bonds is 4. The van der Waals surface area contributed by atoms with E-state index in [2.05, 4.69) is 15.5 Å². The predicted molar refractivity (Wildman–Crippen MR) is 77.0 cm³/mol. The van der Waals surface area contributed by atoms with Crippen molar-refractivity contribution >= 4 is 28.2 Å². The molecule has 1 heterocycles. The van der Waals surface area contributed by atoms with Gasteiger partial charge in [0, 0.05) is 26.0 Å². The quantitative estimate of drug-likeness (QED) is 0.715. The maximum Gasteiger partial charge on any atom is 0.224 e. The van der Waals surface area contributed by atoms with Crippen LogP contribution in [0.4, 0.5) is 11.4 Å². The molecule has 2 rings (SSSR count). The lowest BCUT2D eigenvalue weighted by atomic mass is 10.1. The van der Waals surface area contributed by atoms with Gasteiger partial charge in [0.1, 0.15) is 0 Å². The molecular formula is C13H19N5O. The Morgan fingerprint density at radius 3 is 3.00 bits per heavy atom. The molecule has 0 aliphatic heterocycles. The number of H-pyrrole nitrogens is 1. The molecule has 1 atom stereocenters. The molecule has 1 aromatic carbocycles. The Balaban J connectivity index is 2.23. The SMILES string of the molecule is CNC(=O)C(C)CN(C)c1cc2[nH]ncc2cc1N. The number of benzene rings is 1. The molecule has 1 unspecified atom stereocenters. The fourth-order valence-corrected chi connectivity index (χ4v) is 2.17. The maximum absolute atomic E-state index is 11.5. The molecule has 4 N–H and O–H groups in total. The molecule has 0 saturated carbocycles. The minimum atomic E-state index is -0.105. The average molecular weight is 261 g/mol. The molecule has 0 fully saturated rings. The van der Waals surface area contributed by atoms with Crippen molar-refractivity contribution in [1.29, 1.82) is 0 Å². The molecule has 6 nitrogen and oxygen atoms in total. The number of amides is 1. The summed E-state index contributed by atoms with van der Waals surface area (Å²) in [5.41, 5.74) is 8.56. The van der Waals surface area contributed by atoms with Gasteiger partial charge in [0.25, 0.3) is 0 Å². The number of nitrogens with zero attached hydrogens (tertiary/aromatic N) is 2. The molecule has 19 heavy (non-hydrogen) atoms. The van der Waals surface area contributed by atoms with Crippen molar-refractivity contribution in [1.82, 2.24) is 15.5 Å². The zero-order chi connectivity index (χ0) is 14.0. The van der Waals surface area contributed by atoms with Crippen molar-refractivity contribution in [3.63, 3.8) is 0 Å². The molecular weight excluding hydrogens is 242 g/mol. The molecule has 6 heteroatoms. The lowest BCUT2D eigenvalue weighted by Gasteiger charge is -2.24. The van der Waals surface area contributed by atoms with E-state index in [0.29, 0.717) is 12.2 Å². The van der Waals surface area contributed by atoms with Crippen LogP contribution in [0.2, 0.25) is 0 Å². The summed E-state index contributed by atoms with van der Waals surface area (Å²) in [4.78, 5) is 13.5. The van der Waals surface area contributed by atoms with Crippen LogP contribution in [0.5, 0.6) is 0 Å². The van der Waals surface area contributed by atoms with Crippen molar-refractivity contribution < 1.29 is 4.79 Å². The smallest absolute Gasteiger partial charge is 0.224 e. The molecule has 0 aliphatic rings. The van der Waals surface area contributed by atoms with Gasteiger partial charge in [-0.05, 0) is 12.1 Å². The second-order valence-corrected chi connectivity index (χ2v) is 4.76. The topological polar surface area (TPSA) is 87.0 Å². The van der Waals surface area contributed by atoms with Gasteiger partial charge in [-0.2, -0.15) is 5.10 Å². The van der Waals surface area contributed by atoms with Crippen molar-refractivity contribution in [2.45, 2.75) is 6.92 Å². The highest BCUT2D eigenvalue weighted by molar-refractivity contribution is 5.89. The Kier molecular flexibility index (Phi) is 3.59. The van der Waals surface area contributed by atoms with E-state index in [4.69, 9.17) is 5.73 Å². The summed E-state index contributed by atoms with van der Waals surface area (Å²) in [5, 5.41) is 10.5. The lowest BCUT2D eigenvalue weighted by molar-refractivity contribution is -0.123. The van der Waals surface area contributed by atoms with Crippen LogP contribution in [0.15, 0.2) is 18.3 Å². The molecule has 1 aromatic heterocycles. The molecule has 0 bridgehead atoms. The number of hydrogen-bond acceptors (Lipinski definition) is 4. The third kappa shape index (κ3) is 2.62. The number of hydrogen-bond donors (Lipinski definition) is 3. The van der Waals surface area contributed by atoms with Crippen molar-refractivity contribution in [3.8, 4) is 0 Å². The summed E-state index contributed by atoms with van der Waals surface area (Å²) in [6.45, 7) is 2.49. The van der Waals surface area contributed by atoms with Gasteiger partial charge < -0.3 is 16.0 Å². The van der Waals surface area contributed by atoms with Crippen LogP contribution in [0.25, 0.3) is 10.9 Å². The Hall–Kier alpha value is -2.24. The van der Waals surface area contributed by atoms with Gasteiger partial charge in [-0.3, -0.25) is 9.89 Å². The molecule has 1 amide bonds. The van der Waals surface area contributed by atoms with E-state index in [1.807, 2.05) is 31.0 Å². The van der Waals surface area contributed by atoms with E-state index in [-0.39, 0.29) is 11.8 Å². The summed E-state index contributed by atoms with van der Waals surface area (Å²) in [5.74, 6) is -0.0834. The van der Waals surface area contributed by atoms with Crippen LogP contribution in [0.1, 0.15) is 6.92 Å². The van der Waals surface area contributed by atoms with Gasteiger partial charge in [0.05, 0.1) is 29.0 Å². The van der Waals surface area contributed by atoms with Gasteiger partial charge in [0.2, 0.25) is 5.91 Å². The van der Waals surface area contributed by atoms with Crippen LogP contribution in [-0.4, -0.2) is 36.7 Å². The highest BCUT2D eigenvalue weighted by Gasteiger charge is 2.16. The lowest BCUT2D eigenvalue weighted by Crippen LogP contribution is -2.34. The Morgan fingerprint density at radius 2 is 2.32 bits per heavy atom. The van der Waals surface area contributed by atoms with Crippen molar-refractivity contribution in [2.24, 2.45) is 5.92 Å². The normalized spacial score (nSPS) is 12.4. The van der Waals surface area contributed by atoms with E-state index in [1.165, 1.54) is 0 Å². The number of nitrogens with two attached hydrogens (primary N) is 1. The van der Waals surface area contributed by atoms with Crippen molar-refractivity contribution in [3.05, 3.63) is 18.3 Å². The Labute approximate surface area is 112 Å². The number of aromatic nitrogens is 2. The third-order valence-electron chi connectivity index (χ3n) is 3.24. The first-order valence-electron chi connectivity index (χ1n) is 6.18. The Bertz CT molecular complexity index is 592. The Morgan fingerprint density at radius 1 is 1.58 bits per heavy atom. The van der Waals surface area contributed by atoms with Crippen LogP contribution >= 0.6 is 0 Å². The molecule has 0 aliphatic carbocycles. The predicted octanol–water partition coefficient (Wildman–Crippen LogP) is 0.963. The summed E-state index contributed by atoms with van der Waals surface area (Å²) in [6.07, 6.45) is 1.74. The van der Waals surface area contributed by atoms with Crippen LogP contribution in [-0.2, 0) is 4.79 Å². The highest BCUT2D eigenvalue weighted by atomic mass is 16.1. The molecule has 0 spiro atoms. The molecule has 0 radical (unpaired) electrons. The van der Waals surface area contributed by atoms with Gasteiger partial charge in [-0.25, -0.2) is 0 Å². The van der Waals surface area contributed by atoms with Gasteiger partial charge in [-0.15, -0.1) is 0 Å². The van der Waals surface area contributed by atoms with Crippen LogP contribution in [0.3, 0.4) is 0 Å². The fraction of sp³-hybridized carbons (Fsp3) is 0.385. The van der Waals surface area contributed by atoms with E-state index in [0.717, 1.165) is 16.6 Å². The fourth-order valence-electron chi connectivity index (χ4n) is 2.17. The average Bonchev–Trinajstić information content (AvgIpc) is 2.83. The summed E-state index contributed by atoms with van der Waals surface area (Å²) < 4.78 is 0. The number of anilines is 2. The van der Waals surface area contributed by atoms with E-state index < -0.39 is 0 Å². The molecule has 102 valence electrons. The number of carbonyl (C=O) groups excluding carboxylic acids is 1. The van der Waals surface area contributed by atoms with Crippen LogP contribution in [0, 0.1) is 5.92 Å². The first-order valence-corrected chi connectivity index (χ1v) is 6.18. The number of aromatic amines is 1. The van der Waals surface area contributed by atoms with Crippen LogP contribution < -0.4 is 16.0 Å². The van der Waals surface area contributed by atoms with Gasteiger partial charge in [-0.1, -0.05) is 6.92 Å². The van der Waals surface area contributed by atoms with E-state index in [9.17, 15) is 4.79 Å². The largest absolute Gasteiger partial charge is 0.397 e. The number of nitrogen functional groups attached to an aromatic ring is 1. The minimum Gasteiger partial charge on any atom is -0.397 e. The van der Waals surface area contributed by atoms with Gasteiger partial charge in [0.15, 0.2) is 0 Å². The number of carbonyl (C=O) groups is 1.